The van der Waals surface area contributed by atoms with Gasteiger partial charge in [0, 0.05) is 11.4 Å². The lowest BCUT2D eigenvalue weighted by Crippen LogP contribution is -2.15. The van der Waals surface area contributed by atoms with Gasteiger partial charge in [0.2, 0.25) is 5.91 Å². The molecule has 0 aliphatic rings. The third-order valence-electron chi connectivity index (χ3n) is 3.46. The molecule has 0 saturated carbocycles. The van der Waals surface area contributed by atoms with Gasteiger partial charge in [0.05, 0.1) is 35.9 Å². The van der Waals surface area contributed by atoms with E-state index in [-0.39, 0.29) is 12.3 Å². The second kappa shape index (κ2) is 8.82. The van der Waals surface area contributed by atoms with Gasteiger partial charge in [-0.2, -0.15) is 0 Å². The molecule has 3 rings (SSSR count). The minimum atomic E-state index is -0.136. The standard InChI is InChI=1S/C19H20N2O3S2/c1-3-23-14-7-8-16(24-4-2)15(11-14)21-18(22)10-13-12-26-19(20-13)17-6-5-9-25-17/h5-9,11-12H,3-4,10H2,1-2H3,(H,21,22). The van der Waals surface area contributed by atoms with E-state index in [2.05, 4.69) is 10.3 Å². The summed E-state index contributed by atoms with van der Waals surface area (Å²) >= 11 is 3.19. The quantitative estimate of drug-likeness (QED) is 0.599. The summed E-state index contributed by atoms with van der Waals surface area (Å²) in [6.45, 7) is 4.91. The molecule has 0 radical (unpaired) electrons. The Kier molecular flexibility index (Phi) is 6.25. The number of ether oxygens (including phenoxy) is 2. The number of aromatic nitrogens is 1. The predicted octanol–water partition coefficient (Wildman–Crippen LogP) is 4.85. The molecule has 26 heavy (non-hydrogen) atoms. The van der Waals surface area contributed by atoms with Crippen molar-refractivity contribution in [2.45, 2.75) is 20.3 Å². The van der Waals surface area contributed by atoms with Gasteiger partial charge in [0.15, 0.2) is 0 Å². The van der Waals surface area contributed by atoms with Gasteiger partial charge in [-0.1, -0.05) is 6.07 Å². The van der Waals surface area contributed by atoms with Gasteiger partial charge in [-0.25, -0.2) is 4.98 Å². The van der Waals surface area contributed by atoms with Gasteiger partial charge in [-0.15, -0.1) is 22.7 Å². The van der Waals surface area contributed by atoms with Crippen molar-refractivity contribution < 1.29 is 14.3 Å². The summed E-state index contributed by atoms with van der Waals surface area (Å²) in [6.07, 6.45) is 0.215. The Morgan fingerprint density at radius 2 is 2.00 bits per heavy atom. The third kappa shape index (κ3) is 4.62. The number of carbonyl (C=O) groups excluding carboxylic acids is 1. The minimum Gasteiger partial charge on any atom is -0.494 e. The van der Waals surface area contributed by atoms with Crippen LogP contribution in [0.3, 0.4) is 0 Å². The van der Waals surface area contributed by atoms with Crippen molar-refractivity contribution in [1.82, 2.24) is 4.98 Å². The summed E-state index contributed by atoms with van der Waals surface area (Å²) in [7, 11) is 0. The van der Waals surface area contributed by atoms with Crippen molar-refractivity contribution >= 4 is 34.3 Å². The number of benzene rings is 1. The van der Waals surface area contributed by atoms with Gasteiger partial charge in [0.25, 0.3) is 0 Å². The number of amides is 1. The second-order valence-corrected chi connectivity index (χ2v) is 7.18. The number of hydrogen-bond acceptors (Lipinski definition) is 6. The molecular formula is C19H20N2O3S2. The predicted molar refractivity (Wildman–Crippen MR) is 107 cm³/mol. The first-order valence-electron chi connectivity index (χ1n) is 8.37. The maximum Gasteiger partial charge on any atom is 0.230 e. The van der Waals surface area contributed by atoms with Crippen LogP contribution in [0.4, 0.5) is 5.69 Å². The molecule has 1 amide bonds. The summed E-state index contributed by atoms with van der Waals surface area (Å²) < 4.78 is 11.1. The molecule has 136 valence electrons. The summed E-state index contributed by atoms with van der Waals surface area (Å²) in [4.78, 5) is 18.1. The van der Waals surface area contributed by atoms with Crippen LogP contribution in [0.2, 0.25) is 0 Å². The van der Waals surface area contributed by atoms with E-state index in [0.717, 1.165) is 15.6 Å². The fourth-order valence-corrected chi connectivity index (χ4v) is 4.04. The minimum absolute atomic E-state index is 0.136. The van der Waals surface area contributed by atoms with E-state index in [9.17, 15) is 4.79 Å². The third-order valence-corrected chi connectivity index (χ3v) is 5.39. The normalized spacial score (nSPS) is 10.5. The molecule has 2 heterocycles. The molecule has 5 nitrogen and oxygen atoms in total. The van der Waals surface area contributed by atoms with Crippen molar-refractivity contribution in [2.24, 2.45) is 0 Å². The second-order valence-electron chi connectivity index (χ2n) is 5.37. The van der Waals surface area contributed by atoms with Crippen molar-refractivity contribution in [1.29, 1.82) is 0 Å². The van der Waals surface area contributed by atoms with Gasteiger partial charge < -0.3 is 14.8 Å². The lowest BCUT2D eigenvalue weighted by Gasteiger charge is -2.13. The molecule has 1 aromatic carbocycles. The number of rotatable bonds is 8. The molecule has 0 spiro atoms. The van der Waals surface area contributed by atoms with Crippen LogP contribution in [0.1, 0.15) is 19.5 Å². The van der Waals surface area contributed by atoms with Gasteiger partial charge in [-0.05, 0) is 37.4 Å². The fourth-order valence-electron chi connectivity index (χ4n) is 2.41. The molecule has 0 unspecified atom stereocenters. The van der Waals surface area contributed by atoms with E-state index in [4.69, 9.17) is 9.47 Å². The molecule has 3 aromatic rings. The van der Waals surface area contributed by atoms with Crippen LogP contribution in [-0.2, 0) is 11.2 Å². The molecule has 0 fully saturated rings. The number of thiophene rings is 1. The zero-order chi connectivity index (χ0) is 18.4. The molecule has 7 heteroatoms. The highest BCUT2D eigenvalue weighted by molar-refractivity contribution is 7.20. The number of thiazole rings is 1. The molecule has 2 aromatic heterocycles. The number of hydrogen-bond donors (Lipinski definition) is 1. The van der Waals surface area contributed by atoms with E-state index in [1.165, 1.54) is 0 Å². The van der Waals surface area contributed by atoms with Crippen LogP contribution >= 0.6 is 22.7 Å². The highest BCUT2D eigenvalue weighted by Gasteiger charge is 2.13. The summed E-state index contributed by atoms with van der Waals surface area (Å²) in [5.41, 5.74) is 1.37. The first-order valence-corrected chi connectivity index (χ1v) is 10.1. The molecule has 1 N–H and O–H groups in total. The monoisotopic (exact) mass is 388 g/mol. The van der Waals surface area contributed by atoms with E-state index in [1.807, 2.05) is 48.9 Å². The Labute approximate surface area is 160 Å². The van der Waals surface area contributed by atoms with Crippen molar-refractivity contribution in [3.8, 4) is 21.4 Å². The van der Waals surface area contributed by atoms with Crippen molar-refractivity contribution in [3.05, 3.63) is 46.8 Å². The largest absolute Gasteiger partial charge is 0.494 e. The molecule has 0 bridgehead atoms. The number of anilines is 1. The van der Waals surface area contributed by atoms with Crippen molar-refractivity contribution in [2.75, 3.05) is 18.5 Å². The van der Waals surface area contributed by atoms with E-state index in [0.29, 0.717) is 30.4 Å². The molecule has 0 saturated heterocycles. The number of nitrogens with one attached hydrogen (secondary N) is 1. The highest BCUT2D eigenvalue weighted by atomic mass is 32.1. The van der Waals surface area contributed by atoms with Crippen LogP contribution in [0.15, 0.2) is 41.1 Å². The Morgan fingerprint density at radius 1 is 1.15 bits per heavy atom. The average Bonchev–Trinajstić information content (AvgIpc) is 3.29. The lowest BCUT2D eigenvalue weighted by molar-refractivity contribution is -0.115. The van der Waals surface area contributed by atoms with Crippen LogP contribution < -0.4 is 14.8 Å². The summed E-state index contributed by atoms with van der Waals surface area (Å²) in [6, 6.07) is 9.44. The maximum atomic E-state index is 12.5. The Balaban J connectivity index is 1.70. The fraction of sp³-hybridized carbons (Fsp3) is 0.263. The van der Waals surface area contributed by atoms with Crippen LogP contribution in [0.5, 0.6) is 11.5 Å². The van der Waals surface area contributed by atoms with Crippen LogP contribution in [0, 0.1) is 0 Å². The average molecular weight is 389 g/mol. The van der Waals surface area contributed by atoms with E-state index < -0.39 is 0 Å². The zero-order valence-corrected chi connectivity index (χ0v) is 16.3. The van der Waals surface area contributed by atoms with E-state index in [1.54, 1.807) is 28.7 Å². The van der Waals surface area contributed by atoms with E-state index >= 15 is 0 Å². The van der Waals surface area contributed by atoms with Crippen LogP contribution in [-0.4, -0.2) is 24.1 Å². The molecule has 0 atom stereocenters. The first-order chi connectivity index (χ1) is 12.7. The number of nitrogens with zero attached hydrogens (tertiary/aromatic N) is 1. The van der Waals surface area contributed by atoms with Crippen LogP contribution in [0.25, 0.3) is 9.88 Å². The number of carbonyl (C=O) groups is 1. The zero-order valence-electron chi connectivity index (χ0n) is 14.7. The maximum absolute atomic E-state index is 12.5. The molecular weight excluding hydrogens is 368 g/mol. The molecule has 0 aliphatic carbocycles. The van der Waals surface area contributed by atoms with Crippen molar-refractivity contribution in [3.63, 3.8) is 0 Å². The topological polar surface area (TPSA) is 60.5 Å². The van der Waals surface area contributed by atoms with Gasteiger partial charge in [0.1, 0.15) is 16.5 Å². The Morgan fingerprint density at radius 3 is 2.73 bits per heavy atom. The SMILES string of the molecule is CCOc1ccc(OCC)c(NC(=O)Cc2csc(-c3cccs3)n2)c1. The van der Waals surface area contributed by atoms with Gasteiger partial charge >= 0.3 is 0 Å². The summed E-state index contributed by atoms with van der Waals surface area (Å²) in [5.74, 6) is 1.18. The first kappa shape index (κ1) is 18.4. The highest BCUT2D eigenvalue weighted by Crippen LogP contribution is 2.30. The Hall–Kier alpha value is -2.38. The molecule has 0 aliphatic heterocycles. The Bertz CT molecular complexity index is 860. The smallest absolute Gasteiger partial charge is 0.230 e. The van der Waals surface area contributed by atoms with Gasteiger partial charge in [-0.3, -0.25) is 4.79 Å². The summed E-state index contributed by atoms with van der Waals surface area (Å²) in [5, 5.41) is 7.79. The lowest BCUT2D eigenvalue weighted by atomic mass is 10.2.